The van der Waals surface area contributed by atoms with Crippen molar-refractivity contribution in [1.82, 2.24) is 9.97 Å². The van der Waals surface area contributed by atoms with Crippen LogP contribution in [0.15, 0.2) is 42.7 Å². The number of anilines is 2. The normalized spacial score (nSPS) is 12.9. The fourth-order valence-corrected chi connectivity index (χ4v) is 4.42. The quantitative estimate of drug-likeness (QED) is 0.274. The zero-order valence-corrected chi connectivity index (χ0v) is 25.0. The van der Waals surface area contributed by atoms with Gasteiger partial charge in [-0.2, -0.15) is 0 Å². The van der Waals surface area contributed by atoms with Crippen LogP contribution < -0.4 is 14.8 Å². The third kappa shape index (κ3) is 9.42. The zero-order valence-electron chi connectivity index (χ0n) is 26.0. The highest BCUT2D eigenvalue weighted by atomic mass is 16.6. The van der Waals surface area contributed by atoms with Gasteiger partial charge in [-0.05, 0) is 93.5 Å². The van der Waals surface area contributed by atoms with Gasteiger partial charge in [-0.15, -0.1) is 6.40 Å². The van der Waals surface area contributed by atoms with Gasteiger partial charge in [0.1, 0.15) is 26.7 Å². The van der Waals surface area contributed by atoms with Crippen molar-refractivity contribution in [3.8, 4) is 23.8 Å². The van der Waals surface area contributed by atoms with Crippen molar-refractivity contribution in [2.45, 2.75) is 91.6 Å². The summed E-state index contributed by atoms with van der Waals surface area (Å²) in [6.45, 7) is 20.8. The summed E-state index contributed by atoms with van der Waals surface area (Å²) in [7, 11) is 0. The van der Waals surface area contributed by atoms with Gasteiger partial charge in [0.2, 0.25) is 0 Å². The van der Waals surface area contributed by atoms with Gasteiger partial charge in [-0.3, -0.25) is 0 Å². The van der Waals surface area contributed by atoms with E-state index in [0.717, 1.165) is 16.6 Å². The molecule has 3 aromatic rings. The molecule has 0 spiro atoms. The highest BCUT2D eigenvalue weighted by Crippen LogP contribution is 2.37. The van der Waals surface area contributed by atoms with E-state index in [1.54, 1.807) is 0 Å². The first-order valence-electron chi connectivity index (χ1n) is 13.7. The maximum absolute atomic E-state index is 7.19. The number of aromatic nitrogens is 2. The molecule has 7 nitrogen and oxygen atoms in total. The third-order valence-electron chi connectivity index (χ3n) is 5.29. The maximum atomic E-state index is 7.19. The first-order valence-corrected chi connectivity index (χ1v) is 13.2. The van der Waals surface area contributed by atoms with Crippen LogP contribution in [0.1, 0.15) is 76.2 Å². The molecule has 7 heteroatoms. The Labute approximate surface area is 235 Å². The highest BCUT2D eigenvalue weighted by Gasteiger charge is 2.29. The van der Waals surface area contributed by atoms with Crippen LogP contribution >= 0.6 is 0 Å². The van der Waals surface area contributed by atoms with Crippen molar-refractivity contribution in [2.24, 2.45) is 0 Å². The lowest BCUT2D eigenvalue weighted by Crippen LogP contribution is -2.40. The average molecular weight is 535 g/mol. The van der Waals surface area contributed by atoms with Crippen molar-refractivity contribution in [3.05, 3.63) is 48.3 Å². The van der Waals surface area contributed by atoms with E-state index in [0.29, 0.717) is 36.0 Å². The molecule has 0 radical (unpaired) electrons. The Morgan fingerprint density at radius 1 is 0.821 bits per heavy atom. The zero-order chi connectivity index (χ0) is 29.8. The van der Waals surface area contributed by atoms with Crippen molar-refractivity contribution in [1.29, 1.82) is 0 Å². The lowest BCUT2D eigenvalue weighted by molar-refractivity contribution is -0.131. The average Bonchev–Trinajstić information content (AvgIpc) is 2.79. The fraction of sp³-hybridized carbons (Fsp3) is 0.500. The topological polar surface area (TPSA) is 74.7 Å². The molecular weight excluding hydrogens is 490 g/mol. The van der Waals surface area contributed by atoms with E-state index in [2.05, 4.69) is 27.6 Å². The van der Waals surface area contributed by atoms with Crippen molar-refractivity contribution >= 4 is 22.4 Å². The molecule has 0 aliphatic heterocycles. The number of terminal acetylenes is 1. The SMILES string of the molecule is [2H]C#Cc1cccc(Nc2ncnc3cc(OCC(C)(C)OC(C)(C)C)c(OCC(C)(C)OC(C)(C)C)cc23)c1. The van der Waals surface area contributed by atoms with E-state index in [-0.39, 0.29) is 11.2 Å². The minimum Gasteiger partial charge on any atom is -0.487 e. The summed E-state index contributed by atoms with van der Waals surface area (Å²) in [4.78, 5) is 9.00. The molecule has 1 N–H and O–H groups in total. The Morgan fingerprint density at radius 3 is 1.97 bits per heavy atom. The number of nitrogens with one attached hydrogen (secondary N) is 1. The largest absolute Gasteiger partial charge is 0.487 e. The van der Waals surface area contributed by atoms with Crippen LogP contribution in [-0.2, 0) is 9.47 Å². The second-order valence-electron chi connectivity index (χ2n) is 12.9. The van der Waals surface area contributed by atoms with E-state index in [1.807, 2.05) is 106 Å². The number of fused-ring (bicyclic) bond motifs is 1. The number of rotatable bonds is 10. The summed E-state index contributed by atoms with van der Waals surface area (Å²) in [5.41, 5.74) is 0.497. The molecule has 0 fully saturated rings. The molecule has 210 valence electrons. The number of hydrogen-bond acceptors (Lipinski definition) is 7. The number of benzene rings is 2. The van der Waals surface area contributed by atoms with Crippen LogP contribution in [0.25, 0.3) is 10.9 Å². The van der Waals surface area contributed by atoms with Gasteiger partial charge in [-0.25, -0.2) is 9.97 Å². The highest BCUT2D eigenvalue weighted by molar-refractivity contribution is 5.93. The molecule has 0 unspecified atom stereocenters. The second-order valence-corrected chi connectivity index (χ2v) is 12.9. The summed E-state index contributed by atoms with van der Waals surface area (Å²) in [6, 6.07) is 11.3. The van der Waals surface area contributed by atoms with Crippen LogP contribution in [0.2, 0.25) is 0 Å². The van der Waals surface area contributed by atoms with Gasteiger partial charge < -0.3 is 24.3 Å². The van der Waals surface area contributed by atoms with E-state index < -0.39 is 11.2 Å². The van der Waals surface area contributed by atoms with E-state index >= 15 is 0 Å². The summed E-state index contributed by atoms with van der Waals surface area (Å²) >= 11 is 0. The van der Waals surface area contributed by atoms with Gasteiger partial charge >= 0.3 is 0 Å². The first-order chi connectivity index (χ1) is 18.5. The Balaban J connectivity index is 1.99. The Bertz CT molecular complexity index is 1380. The van der Waals surface area contributed by atoms with Crippen LogP contribution in [0.5, 0.6) is 11.5 Å². The van der Waals surface area contributed by atoms with Crippen molar-refractivity contribution in [3.63, 3.8) is 0 Å². The molecule has 3 rings (SSSR count). The summed E-state index contributed by atoms with van der Waals surface area (Å²) in [5.74, 6) is 4.48. The summed E-state index contributed by atoms with van der Waals surface area (Å²) in [6.07, 6.45) is 3.70. The third-order valence-corrected chi connectivity index (χ3v) is 5.29. The minimum absolute atomic E-state index is 0.304. The Kier molecular flexibility index (Phi) is 8.39. The molecule has 0 saturated carbocycles. The molecule has 0 bridgehead atoms. The summed E-state index contributed by atoms with van der Waals surface area (Å²) in [5, 5.41) is 4.12. The van der Waals surface area contributed by atoms with Crippen LogP contribution in [0.3, 0.4) is 0 Å². The van der Waals surface area contributed by atoms with Gasteiger partial charge in [0.25, 0.3) is 0 Å². The number of hydrogen-bond donors (Lipinski definition) is 1. The first kappa shape index (κ1) is 28.7. The predicted octanol–water partition coefficient (Wildman–Crippen LogP) is 7.30. The smallest absolute Gasteiger partial charge is 0.163 e. The number of nitrogens with zero attached hydrogens (tertiary/aromatic N) is 2. The molecule has 39 heavy (non-hydrogen) atoms. The monoisotopic (exact) mass is 534 g/mol. The molecule has 1 aromatic heterocycles. The standard InChI is InChI=1S/C32H43N3O4/c1-12-22-14-13-15-23(16-22)35-28-24-17-26(36-19-31(8,9)38-29(2,3)4)27(18-25(24)33-21-34-28)37-20-32(10,11)39-30(5,6)7/h1,13-18,21H,19-20H2,2-11H3,(H,33,34,35)/i1D. The fourth-order valence-electron chi connectivity index (χ4n) is 4.42. The minimum atomic E-state index is -0.549. The maximum Gasteiger partial charge on any atom is 0.163 e. The Hall–Kier alpha value is -3.34. The van der Waals surface area contributed by atoms with E-state index in [1.165, 1.54) is 6.33 Å². The van der Waals surface area contributed by atoms with Crippen LogP contribution in [0.4, 0.5) is 11.5 Å². The molecule has 0 amide bonds. The number of ether oxygens (including phenoxy) is 4. The van der Waals surface area contributed by atoms with Gasteiger partial charge in [0.05, 0.1) is 27.9 Å². The molecule has 0 aliphatic carbocycles. The lowest BCUT2D eigenvalue weighted by atomic mass is 10.1. The second kappa shape index (κ2) is 11.4. The molecule has 0 atom stereocenters. The van der Waals surface area contributed by atoms with Gasteiger partial charge in [0, 0.05) is 22.7 Å². The van der Waals surface area contributed by atoms with Crippen LogP contribution in [-0.4, -0.2) is 45.6 Å². The lowest BCUT2D eigenvalue weighted by Gasteiger charge is -2.34. The predicted molar refractivity (Wildman–Crippen MR) is 158 cm³/mol. The molecule has 0 saturated heterocycles. The molecule has 0 aliphatic rings. The van der Waals surface area contributed by atoms with E-state index in [9.17, 15) is 0 Å². The van der Waals surface area contributed by atoms with Gasteiger partial charge in [-0.1, -0.05) is 12.0 Å². The van der Waals surface area contributed by atoms with Crippen molar-refractivity contribution < 1.29 is 20.3 Å². The van der Waals surface area contributed by atoms with Gasteiger partial charge in [0.15, 0.2) is 11.5 Å². The molecular formula is C32H43N3O4. The van der Waals surface area contributed by atoms with Crippen molar-refractivity contribution in [2.75, 3.05) is 18.5 Å². The molecule has 1 heterocycles. The van der Waals surface area contributed by atoms with Crippen LogP contribution in [0, 0.1) is 12.3 Å². The van der Waals surface area contributed by atoms with E-state index in [4.69, 9.17) is 20.3 Å². The Morgan fingerprint density at radius 2 is 1.41 bits per heavy atom. The molecule has 2 aromatic carbocycles. The summed E-state index contributed by atoms with van der Waals surface area (Å²) < 4.78 is 32.3.